The van der Waals surface area contributed by atoms with Crippen LogP contribution in [0.15, 0.2) is 48.5 Å². The average Bonchev–Trinajstić information content (AvgIpc) is 2.58. The second kappa shape index (κ2) is 7.27. The van der Waals surface area contributed by atoms with Gasteiger partial charge in [-0.1, -0.05) is 42.8 Å². The smallest absolute Gasteiger partial charge is 0.339 e. The highest BCUT2D eigenvalue weighted by Gasteiger charge is 2.26. The molecule has 6 heteroatoms. The summed E-state index contributed by atoms with van der Waals surface area (Å²) in [7, 11) is -2.24. The predicted octanol–water partition coefficient (Wildman–Crippen LogP) is 3.68. The molecule has 1 fully saturated rings. The lowest BCUT2D eigenvalue weighted by Gasteiger charge is -2.25. The standard InChI is InChI=1S/C19H21NO4S/c1-24-19(21)17-11-10-16(15-8-3-2-4-9-15)12-18(17)20-25(22,23)13-14-6-5-7-14/h2-4,8-12,14,20H,5-7,13H2,1H3. The maximum atomic E-state index is 12.5. The topological polar surface area (TPSA) is 72.5 Å². The molecular formula is C19H21NO4S. The number of nitrogens with one attached hydrogen (secondary N) is 1. The van der Waals surface area contributed by atoms with Crippen molar-refractivity contribution >= 4 is 21.7 Å². The van der Waals surface area contributed by atoms with E-state index in [2.05, 4.69) is 4.72 Å². The van der Waals surface area contributed by atoms with Crippen molar-refractivity contribution in [2.75, 3.05) is 17.6 Å². The second-order valence-electron chi connectivity index (χ2n) is 6.30. The Morgan fingerprint density at radius 1 is 1.12 bits per heavy atom. The van der Waals surface area contributed by atoms with Gasteiger partial charge in [-0.2, -0.15) is 0 Å². The van der Waals surface area contributed by atoms with Crippen LogP contribution in [0.3, 0.4) is 0 Å². The first-order chi connectivity index (χ1) is 12.0. The largest absolute Gasteiger partial charge is 0.465 e. The summed E-state index contributed by atoms with van der Waals surface area (Å²) in [5.41, 5.74) is 2.24. The molecule has 0 aromatic heterocycles. The summed E-state index contributed by atoms with van der Waals surface area (Å²) in [5, 5.41) is 0. The zero-order valence-electron chi connectivity index (χ0n) is 14.1. The van der Waals surface area contributed by atoms with Crippen molar-refractivity contribution in [3.8, 4) is 11.1 Å². The summed E-state index contributed by atoms with van der Waals surface area (Å²) < 4.78 is 32.3. The van der Waals surface area contributed by atoms with E-state index in [-0.39, 0.29) is 22.9 Å². The van der Waals surface area contributed by atoms with Crippen LogP contribution in [0.25, 0.3) is 11.1 Å². The van der Waals surface area contributed by atoms with Gasteiger partial charge in [0.05, 0.1) is 24.1 Å². The quantitative estimate of drug-likeness (QED) is 0.799. The number of hydrogen-bond acceptors (Lipinski definition) is 4. The van der Waals surface area contributed by atoms with E-state index in [1.807, 2.05) is 30.3 Å². The van der Waals surface area contributed by atoms with E-state index in [0.29, 0.717) is 0 Å². The highest BCUT2D eigenvalue weighted by atomic mass is 32.2. The summed E-state index contributed by atoms with van der Waals surface area (Å²) in [4.78, 5) is 12.0. The monoisotopic (exact) mass is 359 g/mol. The van der Waals surface area contributed by atoms with E-state index < -0.39 is 16.0 Å². The molecule has 0 radical (unpaired) electrons. The van der Waals surface area contributed by atoms with Crippen molar-refractivity contribution in [3.63, 3.8) is 0 Å². The van der Waals surface area contributed by atoms with Crippen molar-refractivity contribution < 1.29 is 17.9 Å². The van der Waals surface area contributed by atoms with Crippen molar-refractivity contribution in [2.45, 2.75) is 19.3 Å². The number of benzene rings is 2. The van der Waals surface area contributed by atoms with E-state index in [0.717, 1.165) is 30.4 Å². The van der Waals surface area contributed by atoms with Crippen molar-refractivity contribution in [1.29, 1.82) is 0 Å². The Hall–Kier alpha value is -2.34. The second-order valence-corrected chi connectivity index (χ2v) is 8.07. The Morgan fingerprint density at radius 3 is 2.44 bits per heavy atom. The fourth-order valence-corrected chi connectivity index (χ4v) is 4.45. The summed E-state index contributed by atoms with van der Waals surface area (Å²) >= 11 is 0. The normalized spacial score (nSPS) is 14.6. The van der Waals surface area contributed by atoms with Crippen LogP contribution in [0.2, 0.25) is 0 Å². The van der Waals surface area contributed by atoms with Gasteiger partial charge in [-0.05, 0) is 42.0 Å². The van der Waals surface area contributed by atoms with Crippen LogP contribution in [0.4, 0.5) is 5.69 Å². The Bertz CT molecular complexity index is 858. The van der Waals surface area contributed by atoms with Crippen LogP contribution in [0.1, 0.15) is 29.6 Å². The number of sulfonamides is 1. The molecule has 0 heterocycles. The van der Waals surface area contributed by atoms with Crippen LogP contribution < -0.4 is 4.72 Å². The first-order valence-electron chi connectivity index (χ1n) is 8.27. The van der Waals surface area contributed by atoms with Crippen molar-refractivity contribution in [1.82, 2.24) is 0 Å². The fraction of sp³-hybridized carbons (Fsp3) is 0.316. The molecule has 1 aliphatic carbocycles. The molecule has 0 amide bonds. The molecule has 1 saturated carbocycles. The van der Waals surface area contributed by atoms with Crippen molar-refractivity contribution in [2.24, 2.45) is 5.92 Å². The molecule has 3 rings (SSSR count). The molecule has 1 N–H and O–H groups in total. The van der Waals surface area contributed by atoms with Crippen LogP contribution in [0.5, 0.6) is 0 Å². The molecule has 0 bridgehead atoms. The van der Waals surface area contributed by atoms with Crippen LogP contribution in [-0.2, 0) is 14.8 Å². The van der Waals surface area contributed by atoms with E-state index in [4.69, 9.17) is 4.74 Å². The van der Waals surface area contributed by atoms with Crippen LogP contribution >= 0.6 is 0 Å². The van der Waals surface area contributed by atoms with Gasteiger partial charge < -0.3 is 4.74 Å². The van der Waals surface area contributed by atoms with Gasteiger partial charge in [0.2, 0.25) is 10.0 Å². The maximum absolute atomic E-state index is 12.5. The number of methoxy groups -OCH3 is 1. The fourth-order valence-electron chi connectivity index (χ4n) is 2.91. The summed E-state index contributed by atoms with van der Waals surface area (Å²) in [6.07, 6.45) is 2.96. The third-order valence-electron chi connectivity index (χ3n) is 4.48. The minimum atomic E-state index is -3.52. The van der Waals surface area contributed by atoms with E-state index in [1.165, 1.54) is 7.11 Å². The van der Waals surface area contributed by atoms with Gasteiger partial charge in [0.1, 0.15) is 0 Å². The molecule has 2 aromatic rings. The zero-order valence-corrected chi connectivity index (χ0v) is 14.9. The van der Waals surface area contributed by atoms with Gasteiger partial charge in [-0.3, -0.25) is 4.72 Å². The van der Waals surface area contributed by atoms with E-state index in [9.17, 15) is 13.2 Å². The number of carbonyl (C=O) groups is 1. The average molecular weight is 359 g/mol. The molecular weight excluding hydrogens is 338 g/mol. The minimum Gasteiger partial charge on any atom is -0.465 e. The molecule has 2 aromatic carbocycles. The number of esters is 1. The predicted molar refractivity (Wildman–Crippen MR) is 98.0 cm³/mol. The van der Waals surface area contributed by atoms with Crippen molar-refractivity contribution in [3.05, 3.63) is 54.1 Å². The highest BCUT2D eigenvalue weighted by molar-refractivity contribution is 7.92. The Kier molecular flexibility index (Phi) is 5.08. The van der Waals surface area contributed by atoms with Gasteiger partial charge in [0.25, 0.3) is 0 Å². The molecule has 0 saturated heterocycles. The SMILES string of the molecule is COC(=O)c1ccc(-c2ccccc2)cc1NS(=O)(=O)CC1CCC1. The highest BCUT2D eigenvalue weighted by Crippen LogP contribution is 2.30. The lowest BCUT2D eigenvalue weighted by Crippen LogP contribution is -2.27. The first kappa shape index (κ1) is 17.5. The molecule has 25 heavy (non-hydrogen) atoms. The van der Waals surface area contributed by atoms with Gasteiger partial charge in [-0.25, -0.2) is 13.2 Å². The third-order valence-corrected chi connectivity index (χ3v) is 5.92. The number of anilines is 1. The van der Waals surface area contributed by atoms with Gasteiger partial charge in [0.15, 0.2) is 0 Å². The summed E-state index contributed by atoms with van der Waals surface area (Å²) in [6, 6.07) is 14.6. The number of carbonyl (C=O) groups excluding carboxylic acids is 1. The Labute approximate surface area is 148 Å². The van der Waals surface area contributed by atoms with E-state index >= 15 is 0 Å². The molecule has 5 nitrogen and oxygen atoms in total. The lowest BCUT2D eigenvalue weighted by molar-refractivity contribution is 0.0602. The molecule has 0 aliphatic heterocycles. The molecule has 0 spiro atoms. The number of hydrogen-bond donors (Lipinski definition) is 1. The number of rotatable bonds is 6. The molecule has 0 unspecified atom stereocenters. The van der Waals surface area contributed by atoms with Crippen LogP contribution in [-0.4, -0.2) is 27.2 Å². The summed E-state index contributed by atoms with van der Waals surface area (Å²) in [6.45, 7) is 0. The summed E-state index contributed by atoms with van der Waals surface area (Å²) in [5.74, 6) is -0.277. The maximum Gasteiger partial charge on any atom is 0.339 e. The van der Waals surface area contributed by atoms with Gasteiger partial charge in [-0.15, -0.1) is 0 Å². The Morgan fingerprint density at radius 2 is 1.84 bits per heavy atom. The first-order valence-corrected chi connectivity index (χ1v) is 9.92. The van der Waals surface area contributed by atoms with E-state index in [1.54, 1.807) is 18.2 Å². The van der Waals surface area contributed by atoms with Gasteiger partial charge in [0, 0.05) is 0 Å². The molecule has 132 valence electrons. The van der Waals surface area contributed by atoms with Crippen LogP contribution in [0, 0.1) is 5.92 Å². The number of ether oxygens (including phenoxy) is 1. The Balaban J connectivity index is 1.94. The molecule has 0 atom stereocenters. The molecule has 1 aliphatic rings. The zero-order chi connectivity index (χ0) is 17.9. The third kappa shape index (κ3) is 4.20. The van der Waals surface area contributed by atoms with Gasteiger partial charge >= 0.3 is 5.97 Å². The minimum absolute atomic E-state index is 0.0865. The lowest BCUT2D eigenvalue weighted by atomic mass is 9.87.